The normalized spacial score (nSPS) is 15.9. The number of methoxy groups -OCH3 is 1. The molecule has 4 aromatic rings. The largest absolute Gasteiger partial charge is 0.383 e. The number of carbonyl (C=O) groups is 2. The predicted octanol–water partition coefficient (Wildman–Crippen LogP) is 3.28. The van der Waals surface area contributed by atoms with Gasteiger partial charge in [-0.3, -0.25) is 24.2 Å². The molecule has 0 aromatic carbocycles. The van der Waals surface area contributed by atoms with Crippen LogP contribution in [0.2, 0.25) is 0 Å². The molecule has 11 nitrogen and oxygen atoms in total. The zero-order chi connectivity index (χ0) is 25.9. The molecule has 4 aromatic heterocycles. The van der Waals surface area contributed by atoms with Crippen molar-refractivity contribution in [3.05, 3.63) is 48.3 Å². The Bertz CT molecular complexity index is 1420. The zero-order valence-electron chi connectivity index (χ0n) is 21.1. The van der Waals surface area contributed by atoms with Gasteiger partial charge in [0.1, 0.15) is 4.83 Å². The van der Waals surface area contributed by atoms with Gasteiger partial charge in [-0.05, 0) is 39.3 Å². The Morgan fingerprint density at radius 2 is 2.05 bits per heavy atom. The fraction of sp³-hybridized carbons (Fsp3) is 0.400. The number of nitrogens with one attached hydrogen (secondary N) is 2. The monoisotopic (exact) mass is 522 g/mol. The third kappa shape index (κ3) is 5.55. The molecule has 0 aliphatic carbocycles. The van der Waals surface area contributed by atoms with Crippen molar-refractivity contribution in [2.75, 3.05) is 37.4 Å². The quantitative estimate of drug-likeness (QED) is 0.346. The first-order chi connectivity index (χ1) is 17.9. The molecule has 1 atom stereocenters. The summed E-state index contributed by atoms with van der Waals surface area (Å²) in [5.41, 5.74) is 3.14. The van der Waals surface area contributed by atoms with E-state index in [1.165, 1.54) is 11.3 Å². The van der Waals surface area contributed by atoms with Gasteiger partial charge >= 0.3 is 0 Å². The van der Waals surface area contributed by atoms with Crippen molar-refractivity contribution >= 4 is 39.4 Å². The van der Waals surface area contributed by atoms with Crippen LogP contribution in [0.4, 0.5) is 11.4 Å². The molecule has 12 heteroatoms. The van der Waals surface area contributed by atoms with E-state index in [4.69, 9.17) is 4.74 Å². The lowest BCUT2D eigenvalue weighted by Crippen LogP contribution is -2.35. The van der Waals surface area contributed by atoms with Crippen molar-refractivity contribution < 1.29 is 14.3 Å². The summed E-state index contributed by atoms with van der Waals surface area (Å²) in [7, 11) is 1.66. The number of hydrogen-bond acceptors (Lipinski definition) is 8. The van der Waals surface area contributed by atoms with Crippen LogP contribution in [-0.4, -0.2) is 73.9 Å². The molecule has 37 heavy (non-hydrogen) atoms. The van der Waals surface area contributed by atoms with Gasteiger partial charge in [0.25, 0.3) is 5.91 Å². The first-order valence-electron chi connectivity index (χ1n) is 12.2. The fourth-order valence-electron chi connectivity index (χ4n) is 4.40. The van der Waals surface area contributed by atoms with Crippen LogP contribution in [0.3, 0.4) is 0 Å². The van der Waals surface area contributed by atoms with Crippen molar-refractivity contribution in [2.45, 2.75) is 39.3 Å². The van der Waals surface area contributed by atoms with E-state index in [0.29, 0.717) is 48.4 Å². The molecule has 1 fully saturated rings. The number of likely N-dealkylation sites (tertiary alicyclic amines) is 1. The average molecular weight is 523 g/mol. The molecule has 0 bridgehead atoms. The minimum Gasteiger partial charge on any atom is -0.383 e. The van der Waals surface area contributed by atoms with Crippen LogP contribution in [-0.2, 0) is 16.1 Å². The molecule has 5 rings (SSSR count). The third-order valence-electron chi connectivity index (χ3n) is 6.54. The van der Waals surface area contributed by atoms with Crippen LogP contribution in [0.1, 0.15) is 35.8 Å². The van der Waals surface area contributed by atoms with Crippen LogP contribution in [0.25, 0.3) is 15.3 Å². The summed E-state index contributed by atoms with van der Waals surface area (Å²) in [5, 5.41) is 14.6. The van der Waals surface area contributed by atoms with E-state index in [1.807, 2.05) is 24.0 Å². The van der Waals surface area contributed by atoms with Gasteiger partial charge in [0.05, 0.1) is 65.8 Å². The molecule has 2 amide bonds. The third-order valence-corrected chi connectivity index (χ3v) is 7.70. The summed E-state index contributed by atoms with van der Waals surface area (Å²) in [6.45, 7) is 6.47. The van der Waals surface area contributed by atoms with E-state index in [1.54, 1.807) is 36.3 Å². The summed E-state index contributed by atoms with van der Waals surface area (Å²) < 4.78 is 8.63. The van der Waals surface area contributed by atoms with Gasteiger partial charge in [-0.25, -0.2) is 4.52 Å². The molecule has 0 radical (unpaired) electrons. The van der Waals surface area contributed by atoms with Crippen molar-refractivity contribution in [2.24, 2.45) is 0 Å². The first kappa shape index (κ1) is 25.1. The summed E-state index contributed by atoms with van der Waals surface area (Å²) in [6.07, 6.45) is 11.0. The second-order valence-corrected chi connectivity index (χ2v) is 10.2. The maximum Gasteiger partial charge on any atom is 0.260 e. The zero-order valence-corrected chi connectivity index (χ0v) is 21.9. The smallest absolute Gasteiger partial charge is 0.260 e. The van der Waals surface area contributed by atoms with Crippen molar-refractivity contribution in [1.29, 1.82) is 0 Å². The van der Waals surface area contributed by atoms with Crippen LogP contribution in [0.15, 0.2) is 37.1 Å². The van der Waals surface area contributed by atoms with Gasteiger partial charge < -0.3 is 15.4 Å². The van der Waals surface area contributed by atoms with E-state index in [2.05, 4.69) is 37.6 Å². The molecule has 0 unspecified atom stereocenters. The summed E-state index contributed by atoms with van der Waals surface area (Å²) in [4.78, 5) is 34.0. The minimum atomic E-state index is -0.293. The highest BCUT2D eigenvalue weighted by Gasteiger charge is 2.23. The van der Waals surface area contributed by atoms with Crippen LogP contribution >= 0.6 is 11.3 Å². The van der Waals surface area contributed by atoms with E-state index in [9.17, 15) is 9.59 Å². The first-order valence-corrected chi connectivity index (χ1v) is 13.0. The number of amides is 2. The number of hydrogen-bond donors (Lipinski definition) is 2. The maximum atomic E-state index is 13.2. The number of anilines is 2. The number of rotatable bonds is 9. The Morgan fingerprint density at radius 3 is 2.84 bits per heavy atom. The molecule has 0 saturated carbocycles. The molecule has 194 valence electrons. The molecule has 1 saturated heterocycles. The summed E-state index contributed by atoms with van der Waals surface area (Å²) in [5.74, 6) is -0.384. The molecule has 5 heterocycles. The topological polar surface area (TPSA) is 119 Å². The molecule has 1 aliphatic heterocycles. The van der Waals surface area contributed by atoms with Crippen LogP contribution in [0, 0.1) is 6.92 Å². The number of carbonyl (C=O) groups excluding carboxylic acids is 2. The molecular weight excluding hydrogens is 492 g/mol. The number of aromatic nitrogens is 5. The lowest BCUT2D eigenvalue weighted by Gasteiger charge is -2.20. The average Bonchev–Trinajstić information content (AvgIpc) is 3.65. The number of thiazole rings is 1. The predicted molar refractivity (Wildman–Crippen MR) is 142 cm³/mol. The highest BCUT2D eigenvalue weighted by molar-refractivity contribution is 7.21. The number of fused-ring (bicyclic) bond motifs is 1. The van der Waals surface area contributed by atoms with Gasteiger partial charge in [0, 0.05) is 31.1 Å². The number of aryl methyl sites for hydroxylation is 1. The molecule has 0 spiro atoms. The fourth-order valence-corrected chi connectivity index (χ4v) is 5.44. The Morgan fingerprint density at radius 1 is 1.19 bits per heavy atom. The maximum absolute atomic E-state index is 13.2. The van der Waals surface area contributed by atoms with E-state index in [0.717, 1.165) is 34.7 Å². The number of pyridine rings is 1. The van der Waals surface area contributed by atoms with E-state index >= 15 is 0 Å². The van der Waals surface area contributed by atoms with Crippen molar-refractivity contribution in [1.82, 2.24) is 29.3 Å². The van der Waals surface area contributed by atoms with Gasteiger partial charge in [-0.1, -0.05) is 0 Å². The number of ether oxygens (including phenoxy) is 1. The van der Waals surface area contributed by atoms with Crippen molar-refractivity contribution in [3.8, 4) is 10.4 Å². The highest BCUT2D eigenvalue weighted by atomic mass is 32.1. The Labute approximate surface area is 218 Å². The van der Waals surface area contributed by atoms with Crippen LogP contribution < -0.4 is 10.6 Å². The molecule has 1 aliphatic rings. The van der Waals surface area contributed by atoms with Gasteiger partial charge in [0.15, 0.2) is 0 Å². The van der Waals surface area contributed by atoms with Crippen molar-refractivity contribution in [3.63, 3.8) is 0 Å². The Hall–Kier alpha value is -3.61. The lowest BCUT2D eigenvalue weighted by molar-refractivity contribution is -0.117. The summed E-state index contributed by atoms with van der Waals surface area (Å²) in [6, 6.07) is 2.15. The minimum absolute atomic E-state index is 0.0910. The number of nitrogens with zero attached hydrogens (tertiary/aromatic N) is 6. The standard InChI is InChI=1S/C25H30N8O3S/c1-16-5-4-6-31(16)15-23(34)29-19-9-21(17(2)26-11-19)30-24(35)20-12-28-33-14-22(37-25(20)33)18-10-27-32(13-18)7-8-36-3/h9-14,16H,4-8,15H2,1-3H3,(H,29,34)(H,30,35)/t16-/m1/s1. The SMILES string of the molecule is COCCn1cc(-c2cn3ncc(C(=O)Nc4cc(NC(=O)CN5CCC[C@H]5C)cnc4C)c3s2)cn1. The Balaban J connectivity index is 1.28. The van der Waals surface area contributed by atoms with Gasteiger partial charge in [-0.15, -0.1) is 11.3 Å². The van der Waals surface area contributed by atoms with Gasteiger partial charge in [0.2, 0.25) is 5.91 Å². The molecule has 2 N–H and O–H groups in total. The van der Waals surface area contributed by atoms with Gasteiger partial charge in [-0.2, -0.15) is 10.2 Å². The van der Waals surface area contributed by atoms with E-state index < -0.39 is 0 Å². The molecular formula is C25H30N8O3S. The Kier molecular flexibility index (Phi) is 7.31. The van der Waals surface area contributed by atoms with E-state index in [-0.39, 0.29) is 11.8 Å². The second-order valence-electron chi connectivity index (χ2n) is 9.21. The van der Waals surface area contributed by atoms with Crippen LogP contribution in [0.5, 0.6) is 0 Å². The lowest BCUT2D eigenvalue weighted by atomic mass is 10.2. The summed E-state index contributed by atoms with van der Waals surface area (Å²) >= 11 is 1.47. The highest BCUT2D eigenvalue weighted by Crippen LogP contribution is 2.31. The second kappa shape index (κ2) is 10.8.